The van der Waals surface area contributed by atoms with Crippen molar-refractivity contribution < 1.29 is 14.3 Å². The summed E-state index contributed by atoms with van der Waals surface area (Å²) in [5.74, 6) is 0.390. The summed E-state index contributed by atoms with van der Waals surface area (Å²) in [5.41, 5.74) is 2.31. The van der Waals surface area contributed by atoms with Crippen LogP contribution in [0.25, 0.3) is 6.08 Å². The summed E-state index contributed by atoms with van der Waals surface area (Å²) in [5, 5.41) is 5.19. The maximum absolute atomic E-state index is 12.1. The minimum absolute atomic E-state index is 0.128. The number of anilines is 2. The first-order valence-corrected chi connectivity index (χ1v) is 9.85. The van der Waals surface area contributed by atoms with Gasteiger partial charge in [-0.1, -0.05) is 30.3 Å². The van der Waals surface area contributed by atoms with Crippen molar-refractivity contribution in [2.45, 2.75) is 13.5 Å². The van der Waals surface area contributed by atoms with E-state index in [0.717, 1.165) is 17.0 Å². The second kappa shape index (κ2) is 9.66. The number of amides is 2. The molecule has 29 heavy (non-hydrogen) atoms. The molecule has 0 atom stereocenters. The lowest BCUT2D eigenvalue weighted by Crippen LogP contribution is -2.22. The quantitative estimate of drug-likeness (QED) is 0.597. The number of para-hydroxylation sites is 1. The van der Waals surface area contributed by atoms with E-state index in [2.05, 4.69) is 10.3 Å². The topological polar surface area (TPSA) is 71.5 Å². The molecule has 0 saturated carbocycles. The number of ether oxygens (including phenoxy) is 1. The average molecular weight is 407 g/mol. The van der Waals surface area contributed by atoms with Crippen molar-refractivity contribution in [2.75, 3.05) is 12.0 Å². The molecule has 1 heterocycles. The van der Waals surface area contributed by atoms with E-state index in [1.807, 2.05) is 54.6 Å². The first-order chi connectivity index (χ1) is 14.1. The van der Waals surface area contributed by atoms with E-state index < -0.39 is 0 Å². The molecule has 6 nitrogen and oxygen atoms in total. The molecule has 3 rings (SSSR count). The van der Waals surface area contributed by atoms with Gasteiger partial charge in [0.25, 0.3) is 0 Å². The molecule has 0 aliphatic carbocycles. The van der Waals surface area contributed by atoms with Gasteiger partial charge in [-0.25, -0.2) is 4.98 Å². The molecule has 148 valence electrons. The smallest absolute Gasteiger partial charge is 0.244 e. The molecule has 2 amide bonds. The minimum Gasteiger partial charge on any atom is -0.497 e. The average Bonchev–Trinajstić information content (AvgIpc) is 3.20. The number of hydrogen-bond acceptors (Lipinski definition) is 5. The first-order valence-electron chi connectivity index (χ1n) is 8.97. The molecule has 0 radical (unpaired) electrons. The van der Waals surface area contributed by atoms with Crippen LogP contribution < -0.4 is 15.0 Å². The van der Waals surface area contributed by atoms with Gasteiger partial charge in [-0.2, -0.15) is 0 Å². The third-order valence-corrected chi connectivity index (χ3v) is 4.88. The molecule has 0 aliphatic rings. The lowest BCUT2D eigenvalue weighted by Gasteiger charge is -2.17. The third-order valence-electron chi connectivity index (χ3n) is 4.04. The summed E-state index contributed by atoms with van der Waals surface area (Å²) in [6.07, 6.45) is 3.06. The second-order valence-electron chi connectivity index (χ2n) is 6.15. The Morgan fingerprint density at radius 1 is 1.17 bits per heavy atom. The summed E-state index contributed by atoms with van der Waals surface area (Å²) in [4.78, 5) is 30.2. The first kappa shape index (κ1) is 20.3. The zero-order chi connectivity index (χ0) is 20.6. The predicted molar refractivity (Wildman–Crippen MR) is 115 cm³/mol. The SMILES string of the molecule is COc1cccc(CNC(=O)/C=C/c2csc(N(C(C)=O)c3ccccc3)n2)c1. The Bertz CT molecular complexity index is 1010. The van der Waals surface area contributed by atoms with Gasteiger partial charge in [0.05, 0.1) is 18.5 Å². The van der Waals surface area contributed by atoms with Gasteiger partial charge >= 0.3 is 0 Å². The van der Waals surface area contributed by atoms with Crippen LogP contribution in [0.5, 0.6) is 5.75 Å². The number of carbonyl (C=O) groups excluding carboxylic acids is 2. The maximum Gasteiger partial charge on any atom is 0.244 e. The summed E-state index contributed by atoms with van der Waals surface area (Å²) in [6.45, 7) is 1.89. The minimum atomic E-state index is -0.228. The van der Waals surface area contributed by atoms with E-state index in [4.69, 9.17) is 4.74 Å². The Labute approximate surface area is 173 Å². The molecule has 0 fully saturated rings. The normalized spacial score (nSPS) is 10.7. The van der Waals surface area contributed by atoms with Gasteiger partial charge < -0.3 is 10.1 Å². The van der Waals surface area contributed by atoms with E-state index in [9.17, 15) is 9.59 Å². The molecule has 0 aliphatic heterocycles. The second-order valence-corrected chi connectivity index (χ2v) is 6.98. The van der Waals surface area contributed by atoms with Crippen LogP contribution in [0.4, 0.5) is 10.8 Å². The number of nitrogens with one attached hydrogen (secondary N) is 1. The summed E-state index contributed by atoms with van der Waals surface area (Å²) >= 11 is 1.34. The molecule has 1 aromatic heterocycles. The molecular formula is C22H21N3O3S. The Kier molecular flexibility index (Phi) is 6.76. The van der Waals surface area contributed by atoms with Gasteiger partial charge in [0.15, 0.2) is 5.13 Å². The number of aromatic nitrogens is 1. The van der Waals surface area contributed by atoms with Crippen LogP contribution in [-0.2, 0) is 16.1 Å². The molecule has 2 aromatic carbocycles. The van der Waals surface area contributed by atoms with Crippen molar-refractivity contribution in [3.63, 3.8) is 0 Å². The van der Waals surface area contributed by atoms with Crippen molar-refractivity contribution in [1.29, 1.82) is 0 Å². The van der Waals surface area contributed by atoms with Crippen LogP contribution in [0.1, 0.15) is 18.2 Å². The highest BCUT2D eigenvalue weighted by atomic mass is 32.1. The van der Waals surface area contributed by atoms with Gasteiger partial charge in [0, 0.05) is 24.9 Å². The number of methoxy groups -OCH3 is 1. The molecule has 0 spiro atoms. The molecule has 0 unspecified atom stereocenters. The van der Waals surface area contributed by atoms with Gasteiger partial charge in [-0.3, -0.25) is 14.5 Å². The fourth-order valence-electron chi connectivity index (χ4n) is 2.65. The Morgan fingerprint density at radius 3 is 2.69 bits per heavy atom. The van der Waals surface area contributed by atoms with Gasteiger partial charge in [-0.05, 0) is 35.9 Å². The number of thiazole rings is 1. The fourth-order valence-corrected chi connectivity index (χ4v) is 3.51. The van der Waals surface area contributed by atoms with Gasteiger partial charge in [0.1, 0.15) is 5.75 Å². The highest BCUT2D eigenvalue weighted by molar-refractivity contribution is 7.14. The summed E-state index contributed by atoms with van der Waals surface area (Å²) in [7, 11) is 1.60. The van der Waals surface area contributed by atoms with Crippen molar-refractivity contribution in [3.05, 3.63) is 77.3 Å². The third kappa shape index (κ3) is 5.52. The van der Waals surface area contributed by atoms with Crippen LogP contribution in [0.15, 0.2) is 66.1 Å². The number of hydrogen-bond donors (Lipinski definition) is 1. The highest BCUT2D eigenvalue weighted by Gasteiger charge is 2.17. The van der Waals surface area contributed by atoms with E-state index >= 15 is 0 Å². The zero-order valence-electron chi connectivity index (χ0n) is 16.2. The number of rotatable bonds is 7. The molecule has 3 aromatic rings. The fraction of sp³-hybridized carbons (Fsp3) is 0.136. The van der Waals surface area contributed by atoms with E-state index in [1.165, 1.54) is 24.3 Å². The van der Waals surface area contributed by atoms with Crippen molar-refractivity contribution in [1.82, 2.24) is 10.3 Å². The summed E-state index contributed by atoms with van der Waals surface area (Å²) < 4.78 is 5.18. The molecule has 1 N–H and O–H groups in total. The highest BCUT2D eigenvalue weighted by Crippen LogP contribution is 2.29. The molecule has 0 saturated heterocycles. The number of benzene rings is 2. The maximum atomic E-state index is 12.1. The van der Waals surface area contributed by atoms with Crippen LogP contribution in [-0.4, -0.2) is 23.9 Å². The predicted octanol–water partition coefficient (Wildman–Crippen LogP) is 4.17. The Balaban J connectivity index is 1.63. The monoisotopic (exact) mass is 407 g/mol. The largest absolute Gasteiger partial charge is 0.497 e. The van der Waals surface area contributed by atoms with E-state index in [0.29, 0.717) is 17.4 Å². The molecule has 0 bridgehead atoms. The number of carbonyl (C=O) groups is 2. The summed E-state index contributed by atoms with van der Waals surface area (Å²) in [6, 6.07) is 16.8. The van der Waals surface area contributed by atoms with Crippen molar-refractivity contribution >= 4 is 40.0 Å². The van der Waals surface area contributed by atoms with Crippen LogP contribution in [0.3, 0.4) is 0 Å². The zero-order valence-corrected chi connectivity index (χ0v) is 17.0. The Hall–Kier alpha value is -3.45. The lowest BCUT2D eigenvalue weighted by atomic mass is 10.2. The van der Waals surface area contributed by atoms with Crippen molar-refractivity contribution in [3.8, 4) is 5.75 Å². The molecule has 7 heteroatoms. The number of nitrogens with zero attached hydrogens (tertiary/aromatic N) is 2. The van der Waals surface area contributed by atoms with Crippen LogP contribution in [0, 0.1) is 0 Å². The van der Waals surface area contributed by atoms with E-state index in [1.54, 1.807) is 23.5 Å². The lowest BCUT2D eigenvalue weighted by molar-refractivity contribution is -0.117. The van der Waals surface area contributed by atoms with Gasteiger partial charge in [-0.15, -0.1) is 11.3 Å². The van der Waals surface area contributed by atoms with Gasteiger partial charge in [0.2, 0.25) is 11.8 Å². The molecular weight excluding hydrogens is 386 g/mol. The standard InChI is InChI=1S/C22H21N3O3S/c1-16(26)25(19-8-4-3-5-9-19)22-24-18(15-29-22)11-12-21(27)23-14-17-7-6-10-20(13-17)28-2/h3-13,15H,14H2,1-2H3,(H,23,27)/b12-11+. The van der Waals surface area contributed by atoms with Crippen molar-refractivity contribution in [2.24, 2.45) is 0 Å². The van der Waals surface area contributed by atoms with Crippen LogP contribution in [0.2, 0.25) is 0 Å². The van der Waals surface area contributed by atoms with E-state index in [-0.39, 0.29) is 11.8 Å². The van der Waals surface area contributed by atoms with Crippen LogP contribution >= 0.6 is 11.3 Å². The Morgan fingerprint density at radius 2 is 1.97 bits per heavy atom.